The molecule has 0 saturated carbocycles. The highest BCUT2D eigenvalue weighted by Crippen LogP contribution is 2.39. The lowest BCUT2D eigenvalue weighted by molar-refractivity contribution is 0.0495. The molecule has 124 valence electrons. The maximum atomic E-state index is 12.5. The molecule has 1 N–H and O–H groups in total. The molecule has 4 nitrogen and oxygen atoms in total. The predicted octanol–water partition coefficient (Wildman–Crippen LogP) is 3.29. The number of amides is 1. The molecule has 0 bridgehead atoms. The average molecular weight is 411 g/mol. The molecule has 0 aliphatic carbocycles. The molecule has 22 heavy (non-hydrogen) atoms. The monoisotopic (exact) mass is 409 g/mol. The van der Waals surface area contributed by atoms with E-state index in [0.29, 0.717) is 11.0 Å². The van der Waals surface area contributed by atoms with Gasteiger partial charge in [-0.3, -0.25) is 9.78 Å². The Morgan fingerprint density at radius 3 is 2.36 bits per heavy atom. The number of likely N-dealkylation sites (tertiary alicyclic amines) is 1. The minimum Gasteiger partial charge on any atom is -0.339 e. The van der Waals surface area contributed by atoms with E-state index in [1.807, 2.05) is 11.0 Å². The van der Waals surface area contributed by atoms with Crippen molar-refractivity contribution in [2.75, 3.05) is 26.2 Å². The van der Waals surface area contributed by atoms with E-state index in [4.69, 9.17) is 0 Å². The van der Waals surface area contributed by atoms with Gasteiger partial charge in [0, 0.05) is 30.0 Å². The van der Waals surface area contributed by atoms with Gasteiger partial charge in [-0.1, -0.05) is 0 Å². The largest absolute Gasteiger partial charge is 0.339 e. The van der Waals surface area contributed by atoms with Gasteiger partial charge in [0.15, 0.2) is 0 Å². The van der Waals surface area contributed by atoms with Gasteiger partial charge < -0.3 is 10.2 Å². The van der Waals surface area contributed by atoms with Gasteiger partial charge in [-0.15, -0.1) is 24.8 Å². The third-order valence-electron chi connectivity index (χ3n) is 4.73. The fraction of sp³-hybridized carbons (Fsp3) is 0.600. The van der Waals surface area contributed by atoms with E-state index in [1.165, 1.54) is 12.8 Å². The molecule has 2 saturated heterocycles. The van der Waals surface area contributed by atoms with Crippen molar-refractivity contribution in [3.05, 3.63) is 28.5 Å². The summed E-state index contributed by atoms with van der Waals surface area (Å²) in [6, 6.07) is 1.85. The summed E-state index contributed by atoms with van der Waals surface area (Å²) >= 11 is 3.37. The maximum absolute atomic E-state index is 12.5. The summed E-state index contributed by atoms with van der Waals surface area (Å²) < 4.78 is 0.857. The van der Waals surface area contributed by atoms with Gasteiger partial charge in [-0.2, -0.15) is 0 Å². The standard InChI is InChI=1S/C15H20BrN3O.2ClH/c16-13-9-12(10-18-11-13)14(20)19-7-3-15(4-8-19)1-5-17-6-2-15;;/h9-11,17H,1-8H2;2*1H. The van der Waals surface area contributed by atoms with Gasteiger partial charge in [0.2, 0.25) is 0 Å². The molecule has 3 heterocycles. The lowest BCUT2D eigenvalue weighted by atomic mass is 9.71. The number of carbonyl (C=O) groups is 1. The summed E-state index contributed by atoms with van der Waals surface area (Å²) in [7, 11) is 0. The first-order valence-electron chi connectivity index (χ1n) is 7.29. The second-order valence-corrected chi connectivity index (χ2v) is 6.85. The average Bonchev–Trinajstić information content (AvgIpc) is 2.48. The van der Waals surface area contributed by atoms with Crippen LogP contribution < -0.4 is 5.32 Å². The normalized spacial score (nSPS) is 20.0. The zero-order valence-corrected chi connectivity index (χ0v) is 15.6. The minimum atomic E-state index is 0. The van der Waals surface area contributed by atoms with Crippen LogP contribution in [-0.4, -0.2) is 42.0 Å². The second-order valence-electron chi connectivity index (χ2n) is 5.93. The summed E-state index contributed by atoms with van der Waals surface area (Å²) in [4.78, 5) is 18.5. The van der Waals surface area contributed by atoms with Gasteiger partial charge in [0.25, 0.3) is 5.91 Å². The Labute approximate surface area is 152 Å². The first-order chi connectivity index (χ1) is 9.69. The molecule has 0 aromatic carbocycles. The SMILES string of the molecule is Cl.Cl.O=C(c1cncc(Br)c1)N1CCC2(CCNCC2)CC1. The summed E-state index contributed by atoms with van der Waals surface area (Å²) in [5, 5.41) is 3.43. The Hall–Kier alpha value is -0.360. The van der Waals surface area contributed by atoms with E-state index < -0.39 is 0 Å². The number of nitrogens with zero attached hydrogens (tertiary/aromatic N) is 2. The molecule has 2 aliphatic heterocycles. The maximum Gasteiger partial charge on any atom is 0.255 e. The quantitative estimate of drug-likeness (QED) is 0.772. The number of pyridine rings is 1. The predicted molar refractivity (Wildman–Crippen MR) is 96.1 cm³/mol. The van der Waals surface area contributed by atoms with Crippen LogP contribution in [0.1, 0.15) is 36.0 Å². The van der Waals surface area contributed by atoms with Crippen LogP contribution in [-0.2, 0) is 0 Å². The van der Waals surface area contributed by atoms with Crippen LogP contribution in [0.2, 0.25) is 0 Å². The van der Waals surface area contributed by atoms with E-state index in [9.17, 15) is 4.79 Å². The van der Waals surface area contributed by atoms with Crippen molar-refractivity contribution < 1.29 is 4.79 Å². The van der Waals surface area contributed by atoms with Crippen LogP contribution in [0.5, 0.6) is 0 Å². The van der Waals surface area contributed by atoms with E-state index in [1.54, 1.807) is 12.4 Å². The number of halogens is 3. The molecule has 0 atom stereocenters. The fourth-order valence-electron chi connectivity index (χ4n) is 3.35. The lowest BCUT2D eigenvalue weighted by Crippen LogP contribution is -2.47. The van der Waals surface area contributed by atoms with Crippen LogP contribution in [0, 0.1) is 5.41 Å². The number of hydrogen-bond acceptors (Lipinski definition) is 3. The van der Waals surface area contributed by atoms with Gasteiger partial charge in [-0.25, -0.2) is 0 Å². The van der Waals surface area contributed by atoms with Gasteiger partial charge >= 0.3 is 0 Å². The highest BCUT2D eigenvalue weighted by molar-refractivity contribution is 9.10. The molecule has 0 unspecified atom stereocenters. The zero-order chi connectivity index (χ0) is 14.0. The van der Waals surface area contributed by atoms with E-state index in [-0.39, 0.29) is 30.7 Å². The third kappa shape index (κ3) is 4.34. The van der Waals surface area contributed by atoms with E-state index in [2.05, 4.69) is 26.2 Å². The zero-order valence-electron chi connectivity index (χ0n) is 12.4. The van der Waals surface area contributed by atoms with Gasteiger partial charge in [0.1, 0.15) is 0 Å². The molecule has 2 fully saturated rings. The van der Waals surface area contributed by atoms with E-state index in [0.717, 1.165) is 43.5 Å². The van der Waals surface area contributed by atoms with Crippen LogP contribution in [0.15, 0.2) is 22.9 Å². The molecule has 0 radical (unpaired) electrons. The highest BCUT2D eigenvalue weighted by Gasteiger charge is 2.36. The van der Waals surface area contributed by atoms with Crippen molar-refractivity contribution in [1.29, 1.82) is 0 Å². The Morgan fingerprint density at radius 1 is 1.14 bits per heavy atom. The number of carbonyl (C=O) groups excluding carboxylic acids is 1. The molecule has 3 rings (SSSR count). The molecule has 7 heteroatoms. The summed E-state index contributed by atoms with van der Waals surface area (Å²) in [5.41, 5.74) is 1.16. The van der Waals surface area contributed by atoms with Crippen molar-refractivity contribution in [1.82, 2.24) is 15.2 Å². The lowest BCUT2D eigenvalue weighted by Gasteiger charge is -2.44. The Bertz CT molecular complexity index is 499. The first kappa shape index (κ1) is 19.7. The summed E-state index contributed by atoms with van der Waals surface area (Å²) in [5.74, 6) is 0.114. The van der Waals surface area contributed by atoms with Crippen molar-refractivity contribution in [3.63, 3.8) is 0 Å². The van der Waals surface area contributed by atoms with E-state index >= 15 is 0 Å². The molecular weight excluding hydrogens is 389 g/mol. The minimum absolute atomic E-state index is 0. The topological polar surface area (TPSA) is 45.2 Å². The second kappa shape index (κ2) is 8.48. The Kier molecular flexibility index (Phi) is 7.59. The number of piperidine rings is 2. The smallest absolute Gasteiger partial charge is 0.255 e. The molecule has 1 amide bonds. The molecular formula is C15H22BrCl2N3O. The molecule has 1 spiro atoms. The van der Waals surface area contributed by atoms with Gasteiger partial charge in [0.05, 0.1) is 5.56 Å². The van der Waals surface area contributed by atoms with Gasteiger partial charge in [-0.05, 0) is 66.2 Å². The van der Waals surface area contributed by atoms with Crippen LogP contribution >= 0.6 is 40.7 Å². The number of rotatable bonds is 1. The van der Waals surface area contributed by atoms with Crippen molar-refractivity contribution in [2.45, 2.75) is 25.7 Å². The van der Waals surface area contributed by atoms with Crippen molar-refractivity contribution in [2.24, 2.45) is 5.41 Å². The highest BCUT2D eigenvalue weighted by atomic mass is 79.9. The number of hydrogen-bond donors (Lipinski definition) is 1. The Balaban J connectivity index is 0.00000121. The van der Waals surface area contributed by atoms with Crippen LogP contribution in [0.4, 0.5) is 0 Å². The number of nitrogens with one attached hydrogen (secondary N) is 1. The summed E-state index contributed by atoms with van der Waals surface area (Å²) in [6.45, 7) is 4.02. The first-order valence-corrected chi connectivity index (χ1v) is 8.08. The Morgan fingerprint density at radius 2 is 1.77 bits per heavy atom. The molecule has 1 aromatic rings. The third-order valence-corrected chi connectivity index (χ3v) is 5.16. The van der Waals surface area contributed by atoms with Crippen molar-refractivity contribution >= 4 is 46.7 Å². The molecule has 1 aromatic heterocycles. The van der Waals surface area contributed by atoms with Crippen LogP contribution in [0.3, 0.4) is 0 Å². The summed E-state index contributed by atoms with van der Waals surface area (Å²) in [6.07, 6.45) is 8.16. The molecule has 2 aliphatic rings. The fourth-order valence-corrected chi connectivity index (χ4v) is 3.72. The van der Waals surface area contributed by atoms with Crippen molar-refractivity contribution in [3.8, 4) is 0 Å². The number of aromatic nitrogens is 1. The van der Waals surface area contributed by atoms with Crippen LogP contribution in [0.25, 0.3) is 0 Å².